The standard InChI is InChI=1S/C14H14FNO2/c1-10(17)13-3-2-12(8-14(13)15)18-9-11-4-6-16-7-5-11/h2-8,10,17H,9H2,1H3/t10-/m1/s1. The van der Waals surface area contributed by atoms with Crippen molar-refractivity contribution in [3.63, 3.8) is 0 Å². The highest BCUT2D eigenvalue weighted by molar-refractivity contribution is 5.30. The van der Waals surface area contributed by atoms with Gasteiger partial charge in [0.1, 0.15) is 18.2 Å². The highest BCUT2D eigenvalue weighted by Gasteiger charge is 2.08. The topological polar surface area (TPSA) is 42.4 Å². The van der Waals surface area contributed by atoms with Gasteiger partial charge in [-0.15, -0.1) is 0 Å². The summed E-state index contributed by atoms with van der Waals surface area (Å²) in [5.41, 5.74) is 1.23. The summed E-state index contributed by atoms with van der Waals surface area (Å²) in [5.74, 6) is -0.0223. The minimum Gasteiger partial charge on any atom is -0.489 e. The molecule has 0 radical (unpaired) electrons. The van der Waals surface area contributed by atoms with Crippen molar-refractivity contribution >= 4 is 0 Å². The van der Waals surface area contributed by atoms with Crippen molar-refractivity contribution in [2.75, 3.05) is 0 Å². The average molecular weight is 247 g/mol. The summed E-state index contributed by atoms with van der Waals surface area (Å²) in [6.45, 7) is 1.88. The van der Waals surface area contributed by atoms with Crippen molar-refractivity contribution in [1.82, 2.24) is 4.98 Å². The third kappa shape index (κ3) is 3.05. The number of pyridine rings is 1. The first-order valence-corrected chi connectivity index (χ1v) is 5.66. The van der Waals surface area contributed by atoms with Crippen LogP contribution < -0.4 is 4.74 Å². The second kappa shape index (κ2) is 5.60. The predicted octanol–water partition coefficient (Wildman–Crippen LogP) is 2.85. The number of benzene rings is 1. The predicted molar refractivity (Wildman–Crippen MR) is 65.6 cm³/mol. The number of aliphatic hydroxyl groups is 1. The van der Waals surface area contributed by atoms with Crippen LogP contribution in [-0.2, 0) is 6.61 Å². The van der Waals surface area contributed by atoms with Gasteiger partial charge in [-0.05, 0) is 36.8 Å². The molecule has 0 aliphatic carbocycles. The molecule has 0 spiro atoms. The second-order valence-corrected chi connectivity index (χ2v) is 4.00. The molecular formula is C14H14FNO2. The van der Waals surface area contributed by atoms with Crippen molar-refractivity contribution in [3.8, 4) is 5.75 Å². The Morgan fingerprint density at radius 3 is 2.61 bits per heavy atom. The molecular weight excluding hydrogens is 233 g/mol. The smallest absolute Gasteiger partial charge is 0.132 e. The zero-order valence-corrected chi connectivity index (χ0v) is 10.0. The van der Waals surface area contributed by atoms with E-state index < -0.39 is 11.9 Å². The largest absolute Gasteiger partial charge is 0.489 e. The van der Waals surface area contributed by atoms with Crippen LogP contribution in [0.15, 0.2) is 42.7 Å². The Bertz CT molecular complexity index is 514. The van der Waals surface area contributed by atoms with Crippen LogP contribution in [0.3, 0.4) is 0 Å². The summed E-state index contributed by atoms with van der Waals surface area (Å²) >= 11 is 0. The fraction of sp³-hybridized carbons (Fsp3) is 0.214. The molecule has 0 unspecified atom stereocenters. The number of aliphatic hydroxyl groups excluding tert-OH is 1. The first-order valence-electron chi connectivity index (χ1n) is 5.66. The fourth-order valence-electron chi connectivity index (χ4n) is 1.58. The first-order chi connectivity index (χ1) is 8.66. The van der Waals surface area contributed by atoms with Gasteiger partial charge in [-0.1, -0.05) is 0 Å². The van der Waals surface area contributed by atoms with Crippen LogP contribution in [0.1, 0.15) is 24.2 Å². The maximum Gasteiger partial charge on any atom is 0.132 e. The molecule has 0 bridgehead atoms. The molecule has 0 saturated carbocycles. The van der Waals surface area contributed by atoms with Gasteiger partial charge in [-0.25, -0.2) is 4.39 Å². The van der Waals surface area contributed by atoms with E-state index in [2.05, 4.69) is 4.98 Å². The number of hydrogen-bond donors (Lipinski definition) is 1. The summed E-state index contributed by atoms with van der Waals surface area (Å²) in [6, 6.07) is 8.12. The molecule has 0 fully saturated rings. The van der Waals surface area contributed by atoms with E-state index in [1.54, 1.807) is 18.5 Å². The Morgan fingerprint density at radius 2 is 2.00 bits per heavy atom. The van der Waals surface area contributed by atoms with Crippen molar-refractivity contribution in [3.05, 3.63) is 59.7 Å². The Balaban J connectivity index is 2.05. The number of nitrogens with zero attached hydrogens (tertiary/aromatic N) is 1. The number of hydrogen-bond acceptors (Lipinski definition) is 3. The molecule has 0 saturated heterocycles. The Kier molecular flexibility index (Phi) is 3.89. The van der Waals surface area contributed by atoms with Crippen molar-refractivity contribution < 1.29 is 14.2 Å². The van der Waals surface area contributed by atoms with Gasteiger partial charge < -0.3 is 9.84 Å². The van der Waals surface area contributed by atoms with Crippen LogP contribution in [0, 0.1) is 5.82 Å². The van der Waals surface area contributed by atoms with Crippen molar-refractivity contribution in [1.29, 1.82) is 0 Å². The molecule has 2 aromatic rings. The van der Waals surface area contributed by atoms with Gasteiger partial charge in [0.25, 0.3) is 0 Å². The minimum absolute atomic E-state index is 0.270. The van der Waals surface area contributed by atoms with Crippen LogP contribution in [0.25, 0.3) is 0 Å². The Labute approximate surface area is 105 Å². The number of ether oxygens (including phenoxy) is 1. The number of halogens is 1. The van der Waals surface area contributed by atoms with Gasteiger partial charge >= 0.3 is 0 Å². The second-order valence-electron chi connectivity index (χ2n) is 4.00. The molecule has 3 nitrogen and oxygen atoms in total. The lowest BCUT2D eigenvalue weighted by Gasteiger charge is -2.10. The van der Waals surface area contributed by atoms with E-state index in [1.807, 2.05) is 12.1 Å². The molecule has 0 aliphatic heterocycles. The molecule has 2 rings (SSSR count). The molecule has 4 heteroatoms. The van der Waals surface area contributed by atoms with Crippen molar-refractivity contribution in [2.45, 2.75) is 19.6 Å². The van der Waals surface area contributed by atoms with E-state index in [9.17, 15) is 9.50 Å². The summed E-state index contributed by atoms with van der Waals surface area (Å²) in [4.78, 5) is 3.90. The van der Waals surface area contributed by atoms with Gasteiger partial charge in [0.2, 0.25) is 0 Å². The SMILES string of the molecule is C[C@@H](O)c1ccc(OCc2ccncc2)cc1F. The summed E-state index contributed by atoms with van der Waals surface area (Å²) in [6.07, 6.45) is 2.53. The molecule has 1 heterocycles. The lowest BCUT2D eigenvalue weighted by molar-refractivity contribution is 0.194. The van der Waals surface area contributed by atoms with E-state index in [1.165, 1.54) is 19.1 Å². The van der Waals surface area contributed by atoms with E-state index in [4.69, 9.17) is 4.74 Å². The maximum absolute atomic E-state index is 13.6. The van der Waals surface area contributed by atoms with E-state index >= 15 is 0 Å². The van der Waals surface area contributed by atoms with E-state index in [0.29, 0.717) is 12.4 Å². The molecule has 1 aromatic heterocycles. The third-order valence-electron chi connectivity index (χ3n) is 2.58. The highest BCUT2D eigenvalue weighted by atomic mass is 19.1. The molecule has 94 valence electrons. The summed E-state index contributed by atoms with van der Waals surface area (Å²) in [5, 5.41) is 9.32. The molecule has 18 heavy (non-hydrogen) atoms. The van der Waals surface area contributed by atoms with Crippen molar-refractivity contribution in [2.24, 2.45) is 0 Å². The van der Waals surface area contributed by atoms with Gasteiger partial charge in [0.15, 0.2) is 0 Å². The Morgan fingerprint density at radius 1 is 1.28 bits per heavy atom. The van der Waals surface area contributed by atoms with Crippen LogP contribution in [0.5, 0.6) is 5.75 Å². The zero-order chi connectivity index (χ0) is 13.0. The minimum atomic E-state index is -0.820. The van der Waals surface area contributed by atoms with Gasteiger partial charge in [0.05, 0.1) is 6.10 Å². The van der Waals surface area contributed by atoms with Gasteiger partial charge in [-0.2, -0.15) is 0 Å². The third-order valence-corrected chi connectivity index (χ3v) is 2.58. The van der Waals surface area contributed by atoms with Gasteiger partial charge in [0, 0.05) is 24.0 Å². The summed E-state index contributed by atoms with van der Waals surface area (Å²) in [7, 11) is 0. The number of aromatic nitrogens is 1. The van der Waals surface area contributed by atoms with Gasteiger partial charge in [-0.3, -0.25) is 4.98 Å². The highest BCUT2D eigenvalue weighted by Crippen LogP contribution is 2.22. The van der Waals surface area contributed by atoms with Crippen LogP contribution in [0.2, 0.25) is 0 Å². The van der Waals surface area contributed by atoms with Crippen LogP contribution in [0.4, 0.5) is 4.39 Å². The molecule has 0 amide bonds. The Hall–Kier alpha value is -1.94. The molecule has 1 aromatic carbocycles. The first kappa shape index (κ1) is 12.5. The lowest BCUT2D eigenvalue weighted by atomic mass is 10.1. The lowest BCUT2D eigenvalue weighted by Crippen LogP contribution is -1.99. The average Bonchev–Trinajstić information content (AvgIpc) is 2.37. The quantitative estimate of drug-likeness (QED) is 0.903. The number of rotatable bonds is 4. The van der Waals surface area contributed by atoms with Crippen LogP contribution in [-0.4, -0.2) is 10.1 Å². The maximum atomic E-state index is 13.6. The molecule has 1 atom stereocenters. The van der Waals surface area contributed by atoms with Crippen LogP contribution >= 0.6 is 0 Å². The molecule has 0 aliphatic rings. The monoisotopic (exact) mass is 247 g/mol. The molecule has 1 N–H and O–H groups in total. The fourth-order valence-corrected chi connectivity index (χ4v) is 1.58. The normalized spacial score (nSPS) is 12.2. The van der Waals surface area contributed by atoms with E-state index in [0.717, 1.165) is 5.56 Å². The van der Waals surface area contributed by atoms with E-state index in [-0.39, 0.29) is 5.56 Å². The zero-order valence-electron chi connectivity index (χ0n) is 10.0. The summed E-state index contributed by atoms with van der Waals surface area (Å²) < 4.78 is 19.0.